The lowest BCUT2D eigenvalue weighted by atomic mass is 10.3. The largest absolute Gasteiger partial charge is 0.457 e. The highest BCUT2D eigenvalue weighted by molar-refractivity contribution is 14.1. The van der Waals surface area contributed by atoms with Crippen molar-refractivity contribution in [3.63, 3.8) is 0 Å². The van der Waals surface area contributed by atoms with E-state index in [9.17, 15) is 0 Å². The van der Waals surface area contributed by atoms with Crippen molar-refractivity contribution < 1.29 is 25.9 Å². The minimum atomic E-state index is -0.151. The van der Waals surface area contributed by atoms with Crippen molar-refractivity contribution in [2.75, 3.05) is 0 Å². The van der Waals surface area contributed by atoms with Gasteiger partial charge in [0.2, 0.25) is 0 Å². The monoisotopic (exact) mass is 499 g/mol. The van der Waals surface area contributed by atoms with Crippen LogP contribution in [-0.2, 0) is 0 Å². The molecule has 3 aromatic carbocycles. The number of hydrogen-bond donors (Lipinski definition) is 0. The Morgan fingerprint density at radius 2 is 1.38 bits per heavy atom. The van der Waals surface area contributed by atoms with Gasteiger partial charge in [0.05, 0.1) is 0 Å². The molecule has 0 aliphatic rings. The lowest BCUT2D eigenvalue weighted by Gasteiger charge is -2.04. The first-order valence-electron chi connectivity index (χ1n) is 6.53. The van der Waals surface area contributed by atoms with E-state index in [0.29, 0.717) is 0 Å². The van der Waals surface area contributed by atoms with Gasteiger partial charge in [0, 0.05) is 9.64 Å². The number of benzene rings is 3. The van der Waals surface area contributed by atoms with E-state index in [4.69, 9.17) is 4.74 Å². The van der Waals surface area contributed by atoms with Crippen LogP contribution >= 0.6 is 22.6 Å². The summed E-state index contributed by atoms with van der Waals surface area (Å²) < 4.78 is 9.92. The van der Waals surface area contributed by atoms with Crippen LogP contribution in [0, 0.1) is 10.7 Å². The van der Waals surface area contributed by atoms with Crippen molar-refractivity contribution >= 4 is 22.6 Å². The Hall–Kier alpha value is -1.08. The maximum Gasteiger partial charge on any atom is 0.358 e. The van der Waals surface area contributed by atoms with E-state index in [1.165, 1.54) is 10.7 Å². The number of rotatable bonds is 4. The highest BCUT2D eigenvalue weighted by atomic mass is 127. The summed E-state index contributed by atoms with van der Waals surface area (Å²) >= 11 is 2.14. The Bertz CT molecular complexity index is 709. The molecule has 0 aliphatic heterocycles. The molecular formula is C18H13I2O+. The Morgan fingerprint density at radius 1 is 0.667 bits per heavy atom. The van der Waals surface area contributed by atoms with Crippen LogP contribution in [0.5, 0.6) is 11.5 Å². The molecule has 3 heteroatoms. The quantitative estimate of drug-likeness (QED) is 0.501. The molecule has 104 valence electrons. The first-order valence-corrected chi connectivity index (χ1v) is 9.76. The Labute approximate surface area is 148 Å². The number of halogens is 2. The topological polar surface area (TPSA) is 9.23 Å². The Kier molecular flexibility index (Phi) is 5.13. The molecule has 21 heavy (non-hydrogen) atoms. The summed E-state index contributed by atoms with van der Waals surface area (Å²) in [6.07, 6.45) is 0. The molecule has 0 unspecified atom stereocenters. The summed E-state index contributed by atoms with van der Waals surface area (Å²) in [4.78, 5) is 0. The highest BCUT2D eigenvalue weighted by Crippen LogP contribution is 2.21. The lowest BCUT2D eigenvalue weighted by Crippen LogP contribution is -3.61. The molecule has 0 N–H and O–H groups in total. The molecule has 0 spiro atoms. The van der Waals surface area contributed by atoms with E-state index in [2.05, 4.69) is 83.3 Å². The average Bonchev–Trinajstić information content (AvgIpc) is 2.51. The van der Waals surface area contributed by atoms with Crippen molar-refractivity contribution in [2.24, 2.45) is 0 Å². The maximum absolute atomic E-state index is 5.93. The van der Waals surface area contributed by atoms with Crippen molar-refractivity contribution in [2.45, 2.75) is 0 Å². The fourth-order valence-corrected chi connectivity index (χ4v) is 4.54. The molecule has 0 heterocycles. The van der Waals surface area contributed by atoms with Gasteiger partial charge < -0.3 is 4.74 Å². The Balaban J connectivity index is 1.75. The SMILES string of the molecule is Ic1ccc(Oc2cccc([I+]c3ccccc3)c2)cc1. The van der Waals surface area contributed by atoms with Crippen LogP contribution in [0.4, 0.5) is 0 Å². The summed E-state index contributed by atoms with van der Waals surface area (Å²) in [5.41, 5.74) is 0. The zero-order valence-corrected chi connectivity index (χ0v) is 15.5. The van der Waals surface area contributed by atoms with E-state index in [1.807, 2.05) is 18.2 Å². The number of hydrogen-bond acceptors (Lipinski definition) is 1. The van der Waals surface area contributed by atoms with Crippen LogP contribution in [0.3, 0.4) is 0 Å². The van der Waals surface area contributed by atoms with Gasteiger partial charge in [0.15, 0.2) is 7.14 Å². The normalized spacial score (nSPS) is 10.3. The fourth-order valence-electron chi connectivity index (χ4n) is 1.83. The first-order chi connectivity index (χ1) is 10.3. The van der Waals surface area contributed by atoms with Crippen molar-refractivity contribution in [3.05, 3.63) is 89.6 Å². The van der Waals surface area contributed by atoms with Gasteiger partial charge in [0.1, 0.15) is 11.5 Å². The molecule has 3 aromatic rings. The van der Waals surface area contributed by atoms with Gasteiger partial charge in [0.25, 0.3) is 0 Å². The summed E-state index contributed by atoms with van der Waals surface area (Å²) in [6.45, 7) is 0. The van der Waals surface area contributed by atoms with Crippen molar-refractivity contribution in [3.8, 4) is 11.5 Å². The van der Waals surface area contributed by atoms with Gasteiger partial charge in [-0.2, -0.15) is 0 Å². The summed E-state index contributed by atoms with van der Waals surface area (Å²) in [7, 11) is 0. The van der Waals surface area contributed by atoms with Gasteiger partial charge in [-0.3, -0.25) is 0 Å². The predicted molar refractivity (Wildman–Crippen MR) is 89.5 cm³/mol. The zero-order chi connectivity index (χ0) is 14.5. The average molecular weight is 499 g/mol. The molecule has 0 fully saturated rings. The molecule has 0 radical (unpaired) electrons. The first kappa shape index (κ1) is 14.8. The van der Waals surface area contributed by atoms with Crippen LogP contribution in [-0.4, -0.2) is 0 Å². The van der Waals surface area contributed by atoms with Crippen LogP contribution in [0.25, 0.3) is 0 Å². The molecule has 3 rings (SSSR count). The van der Waals surface area contributed by atoms with E-state index in [-0.39, 0.29) is 21.2 Å². The molecular weight excluding hydrogens is 486 g/mol. The maximum atomic E-state index is 5.93. The van der Waals surface area contributed by atoms with Gasteiger partial charge in [-0.25, -0.2) is 0 Å². The molecule has 0 saturated heterocycles. The highest BCUT2D eigenvalue weighted by Gasteiger charge is 2.15. The summed E-state index contributed by atoms with van der Waals surface area (Å²) in [6, 6.07) is 27.2. The lowest BCUT2D eigenvalue weighted by molar-refractivity contribution is -0.597. The van der Waals surface area contributed by atoms with Crippen molar-refractivity contribution in [1.29, 1.82) is 0 Å². The smallest absolute Gasteiger partial charge is 0.358 e. The van der Waals surface area contributed by atoms with Crippen LogP contribution in [0.1, 0.15) is 0 Å². The van der Waals surface area contributed by atoms with Gasteiger partial charge in [-0.1, -0.05) is 24.3 Å². The molecule has 0 bridgehead atoms. The summed E-state index contributed by atoms with van der Waals surface area (Å²) in [5.74, 6) is 1.79. The van der Waals surface area contributed by atoms with Crippen LogP contribution in [0.15, 0.2) is 78.9 Å². The minimum absolute atomic E-state index is 0.151. The van der Waals surface area contributed by atoms with E-state index in [0.717, 1.165) is 11.5 Å². The third-order valence-electron chi connectivity index (χ3n) is 2.80. The molecule has 0 aliphatic carbocycles. The van der Waals surface area contributed by atoms with Crippen molar-refractivity contribution in [1.82, 2.24) is 0 Å². The second kappa shape index (κ2) is 7.26. The van der Waals surface area contributed by atoms with E-state index >= 15 is 0 Å². The third-order valence-corrected chi connectivity index (χ3v) is 6.15. The van der Waals surface area contributed by atoms with Gasteiger partial charge in [-0.15, -0.1) is 0 Å². The van der Waals surface area contributed by atoms with E-state index < -0.39 is 0 Å². The molecule has 0 atom stereocenters. The Morgan fingerprint density at radius 3 is 2.14 bits per heavy atom. The van der Waals surface area contributed by atoms with Gasteiger partial charge in [-0.05, 0) is 71.1 Å². The molecule has 0 aromatic heterocycles. The third kappa shape index (κ3) is 4.44. The molecule has 1 nitrogen and oxygen atoms in total. The second-order valence-corrected chi connectivity index (χ2v) is 8.68. The van der Waals surface area contributed by atoms with Crippen LogP contribution < -0.4 is 25.9 Å². The standard InChI is InChI=1S/C18H13I2O/c19-14-9-11-17(12-10-14)21-18-8-4-7-16(13-18)20-15-5-2-1-3-6-15/h1-13H/q+1. The summed E-state index contributed by atoms with van der Waals surface area (Å²) in [5, 5.41) is 0. The van der Waals surface area contributed by atoms with E-state index in [1.54, 1.807) is 0 Å². The zero-order valence-electron chi connectivity index (χ0n) is 11.2. The molecule has 0 amide bonds. The minimum Gasteiger partial charge on any atom is -0.457 e. The predicted octanol–water partition coefficient (Wildman–Crippen LogP) is 2.21. The molecule has 0 saturated carbocycles. The van der Waals surface area contributed by atoms with Crippen LogP contribution in [0.2, 0.25) is 0 Å². The number of ether oxygens (including phenoxy) is 1. The second-order valence-electron chi connectivity index (χ2n) is 4.40. The van der Waals surface area contributed by atoms with Gasteiger partial charge >= 0.3 is 21.2 Å². The fraction of sp³-hybridized carbons (Fsp3) is 0.